The van der Waals surface area contributed by atoms with Gasteiger partial charge in [0, 0.05) is 0 Å². The maximum atomic E-state index is 13.0. The first-order chi connectivity index (χ1) is 11.0. The second-order valence-electron chi connectivity index (χ2n) is 5.47. The van der Waals surface area contributed by atoms with Crippen molar-refractivity contribution in [2.24, 2.45) is 0 Å². The van der Waals surface area contributed by atoms with Gasteiger partial charge in [-0.15, -0.1) is 0 Å². The van der Waals surface area contributed by atoms with Crippen molar-refractivity contribution in [3.8, 4) is 0 Å². The number of hydrogen-bond donors (Lipinski definition) is 1. The Bertz CT molecular complexity index is 766. The Balaban J connectivity index is 1.79. The molecule has 1 aromatic heterocycles. The van der Waals surface area contributed by atoms with Gasteiger partial charge in [0.2, 0.25) is 5.91 Å². The molecule has 1 aromatic carbocycles. The molecule has 3 rings (SSSR count). The first-order valence-corrected chi connectivity index (χ1v) is 7.91. The molecule has 0 atom stereocenters. The monoisotopic (exact) mass is 334 g/mol. The lowest BCUT2D eigenvalue weighted by Crippen LogP contribution is -2.27. The molecule has 0 bridgehead atoms. The minimum atomic E-state index is -0.626. The van der Waals surface area contributed by atoms with E-state index in [4.69, 9.17) is 0 Å². The van der Waals surface area contributed by atoms with Gasteiger partial charge in [0.15, 0.2) is 5.13 Å². The largest absolute Gasteiger partial charge is 0.465 e. The Kier molecular flexibility index (Phi) is 3.89. The number of nitrogens with zero attached hydrogens (tertiary/aromatic N) is 1. The molecule has 7 heteroatoms. The van der Waals surface area contributed by atoms with E-state index in [1.54, 1.807) is 19.1 Å². The zero-order valence-electron chi connectivity index (χ0n) is 12.7. The average Bonchev–Trinajstić information content (AvgIpc) is 3.26. The highest BCUT2D eigenvalue weighted by atomic mass is 32.1. The molecule has 0 saturated heterocycles. The number of nitrogens with one attached hydrogen (secondary N) is 1. The van der Waals surface area contributed by atoms with Gasteiger partial charge < -0.3 is 10.1 Å². The molecule has 0 unspecified atom stereocenters. The lowest BCUT2D eigenvalue weighted by atomic mass is 9.95. The van der Waals surface area contributed by atoms with Crippen LogP contribution in [-0.4, -0.2) is 24.0 Å². The highest BCUT2D eigenvalue weighted by Crippen LogP contribution is 2.49. The molecule has 0 radical (unpaired) electrons. The van der Waals surface area contributed by atoms with Gasteiger partial charge in [-0.1, -0.05) is 23.5 Å². The molecule has 0 spiro atoms. The van der Waals surface area contributed by atoms with Crippen molar-refractivity contribution in [2.45, 2.75) is 25.2 Å². The van der Waals surface area contributed by atoms with Crippen LogP contribution in [-0.2, 0) is 14.9 Å². The number of rotatable bonds is 4. The first kappa shape index (κ1) is 15.6. The second-order valence-corrected chi connectivity index (χ2v) is 6.47. The van der Waals surface area contributed by atoms with Crippen LogP contribution in [0, 0.1) is 12.7 Å². The molecular weight excluding hydrogens is 319 g/mol. The third-order valence-corrected chi connectivity index (χ3v) is 5.02. The molecule has 1 saturated carbocycles. The van der Waals surface area contributed by atoms with Crippen LogP contribution >= 0.6 is 11.3 Å². The van der Waals surface area contributed by atoms with E-state index in [2.05, 4.69) is 15.0 Å². The van der Waals surface area contributed by atoms with Crippen LogP contribution in [0.4, 0.5) is 9.52 Å². The van der Waals surface area contributed by atoms with E-state index in [9.17, 15) is 14.0 Å². The van der Waals surface area contributed by atoms with E-state index < -0.39 is 11.4 Å². The topological polar surface area (TPSA) is 68.3 Å². The standard InChI is InChI=1S/C16H15FN2O3S/c1-9-12(13(20)22-2)23-15(18-9)19-14(21)16(7-8-16)10-3-5-11(17)6-4-10/h3-6H,7-8H2,1-2H3,(H,18,19,21). The average molecular weight is 334 g/mol. The van der Waals surface area contributed by atoms with Gasteiger partial charge in [-0.25, -0.2) is 14.2 Å². The number of ether oxygens (including phenoxy) is 1. The van der Waals surface area contributed by atoms with Crippen LogP contribution in [0.5, 0.6) is 0 Å². The smallest absolute Gasteiger partial charge is 0.350 e. The SMILES string of the molecule is COC(=O)c1sc(NC(=O)C2(c3ccc(F)cc3)CC2)nc1C. The third-order valence-electron chi connectivity index (χ3n) is 3.97. The predicted molar refractivity (Wildman–Crippen MR) is 84.1 cm³/mol. The van der Waals surface area contributed by atoms with E-state index in [1.807, 2.05) is 0 Å². The highest BCUT2D eigenvalue weighted by Gasteiger charge is 2.51. The predicted octanol–water partition coefficient (Wildman–Crippen LogP) is 3.05. The molecule has 23 heavy (non-hydrogen) atoms. The number of aromatic nitrogens is 1. The maximum absolute atomic E-state index is 13.0. The van der Waals surface area contributed by atoms with Gasteiger partial charge in [0.05, 0.1) is 18.2 Å². The van der Waals surface area contributed by atoms with Gasteiger partial charge in [0.25, 0.3) is 0 Å². The van der Waals surface area contributed by atoms with Gasteiger partial charge in [-0.05, 0) is 37.5 Å². The molecule has 1 heterocycles. The van der Waals surface area contributed by atoms with Crippen molar-refractivity contribution in [3.05, 3.63) is 46.2 Å². The number of carbonyl (C=O) groups excluding carboxylic acids is 2. The van der Waals surface area contributed by atoms with E-state index in [0.717, 1.165) is 16.9 Å². The zero-order chi connectivity index (χ0) is 16.6. The van der Waals surface area contributed by atoms with Crippen molar-refractivity contribution in [2.75, 3.05) is 12.4 Å². The lowest BCUT2D eigenvalue weighted by molar-refractivity contribution is -0.118. The number of amides is 1. The van der Waals surface area contributed by atoms with Gasteiger partial charge >= 0.3 is 5.97 Å². The molecule has 1 N–H and O–H groups in total. The zero-order valence-corrected chi connectivity index (χ0v) is 13.5. The molecule has 120 valence electrons. The summed E-state index contributed by atoms with van der Waals surface area (Å²) in [5.41, 5.74) is 0.681. The summed E-state index contributed by atoms with van der Waals surface area (Å²) < 4.78 is 17.7. The molecule has 1 aliphatic carbocycles. The fourth-order valence-electron chi connectivity index (χ4n) is 2.49. The summed E-state index contributed by atoms with van der Waals surface area (Å²) in [7, 11) is 1.30. The van der Waals surface area contributed by atoms with Crippen LogP contribution in [0.3, 0.4) is 0 Å². The highest BCUT2D eigenvalue weighted by molar-refractivity contribution is 7.17. The van der Waals surface area contributed by atoms with Crippen molar-refractivity contribution in [3.63, 3.8) is 0 Å². The fraction of sp³-hybridized carbons (Fsp3) is 0.312. The van der Waals surface area contributed by atoms with Crippen molar-refractivity contribution in [1.29, 1.82) is 0 Å². The Morgan fingerprint density at radius 3 is 2.52 bits per heavy atom. The Hall–Kier alpha value is -2.28. The van der Waals surface area contributed by atoms with E-state index in [1.165, 1.54) is 19.2 Å². The van der Waals surface area contributed by atoms with Gasteiger partial charge in [-0.2, -0.15) is 0 Å². The molecule has 0 aliphatic heterocycles. The summed E-state index contributed by atoms with van der Waals surface area (Å²) in [5.74, 6) is -0.988. The number of esters is 1. The van der Waals surface area contributed by atoms with Gasteiger partial charge in [0.1, 0.15) is 10.7 Å². The van der Waals surface area contributed by atoms with E-state index >= 15 is 0 Å². The minimum Gasteiger partial charge on any atom is -0.465 e. The van der Waals surface area contributed by atoms with E-state index in [0.29, 0.717) is 28.5 Å². The quantitative estimate of drug-likeness (QED) is 0.873. The summed E-state index contributed by atoms with van der Waals surface area (Å²) in [6.07, 6.45) is 1.41. The number of anilines is 1. The number of halogens is 1. The van der Waals surface area contributed by atoms with Crippen molar-refractivity contribution >= 4 is 28.3 Å². The Morgan fingerprint density at radius 2 is 1.96 bits per heavy atom. The summed E-state index contributed by atoms with van der Waals surface area (Å²) >= 11 is 1.08. The maximum Gasteiger partial charge on any atom is 0.350 e. The number of carbonyl (C=O) groups is 2. The number of thiazole rings is 1. The fourth-order valence-corrected chi connectivity index (χ4v) is 3.37. The summed E-state index contributed by atoms with van der Waals surface area (Å²) in [6, 6.07) is 5.97. The second kappa shape index (κ2) is 5.73. The first-order valence-electron chi connectivity index (χ1n) is 7.09. The van der Waals surface area contributed by atoms with Crippen LogP contribution in [0.2, 0.25) is 0 Å². The van der Waals surface area contributed by atoms with E-state index in [-0.39, 0.29) is 11.7 Å². The third kappa shape index (κ3) is 2.84. The van der Waals surface area contributed by atoms with Crippen LogP contribution < -0.4 is 5.32 Å². The number of methoxy groups -OCH3 is 1. The molecule has 1 aliphatic rings. The molecule has 2 aromatic rings. The Labute approximate surface area is 136 Å². The molecular formula is C16H15FN2O3S. The summed E-state index contributed by atoms with van der Waals surface area (Å²) in [5, 5.41) is 3.13. The summed E-state index contributed by atoms with van der Waals surface area (Å²) in [6.45, 7) is 1.69. The minimum absolute atomic E-state index is 0.186. The number of aryl methyl sites for hydroxylation is 1. The molecule has 5 nitrogen and oxygen atoms in total. The molecule has 1 fully saturated rings. The lowest BCUT2D eigenvalue weighted by Gasteiger charge is -2.14. The number of hydrogen-bond acceptors (Lipinski definition) is 5. The van der Waals surface area contributed by atoms with Crippen molar-refractivity contribution < 1.29 is 18.7 Å². The number of benzene rings is 1. The van der Waals surface area contributed by atoms with Crippen LogP contribution in [0.1, 0.15) is 33.8 Å². The van der Waals surface area contributed by atoms with Gasteiger partial charge in [-0.3, -0.25) is 4.79 Å². The molecule has 1 amide bonds. The Morgan fingerprint density at radius 1 is 1.30 bits per heavy atom. The summed E-state index contributed by atoms with van der Waals surface area (Å²) in [4.78, 5) is 28.7. The normalized spacial score (nSPS) is 15.1. The van der Waals surface area contributed by atoms with Crippen LogP contribution in [0.25, 0.3) is 0 Å². The van der Waals surface area contributed by atoms with Crippen LogP contribution in [0.15, 0.2) is 24.3 Å². The van der Waals surface area contributed by atoms with Crippen molar-refractivity contribution in [1.82, 2.24) is 4.98 Å².